The zero-order valence-electron chi connectivity index (χ0n) is 30.8. The Hall–Kier alpha value is -0.320. The molecule has 0 aromatic heterocycles. The summed E-state index contributed by atoms with van der Waals surface area (Å²) in [6, 6.07) is 0. The summed E-state index contributed by atoms with van der Waals surface area (Å²) in [7, 11) is 0. The van der Waals surface area contributed by atoms with Crippen LogP contribution in [-0.2, 0) is 18.9 Å². The van der Waals surface area contributed by atoms with Crippen molar-refractivity contribution < 1.29 is 34.3 Å². The lowest BCUT2D eigenvalue weighted by molar-refractivity contribution is -0.249. The fraction of sp³-hybridized carbons (Fsp3) is 1.00. The largest absolute Gasteiger partial charge is 0.396 e. The molecule has 0 aromatic carbocycles. The Morgan fingerprint density at radius 1 is 1.02 bits per heavy atom. The summed E-state index contributed by atoms with van der Waals surface area (Å²) in [4.78, 5) is 2.38. The highest BCUT2D eigenvalue weighted by atomic mass is 16.7. The molecule has 7 aliphatic rings. The van der Waals surface area contributed by atoms with Crippen LogP contribution in [0, 0.1) is 50.7 Å². The van der Waals surface area contributed by atoms with E-state index in [1.807, 2.05) is 20.8 Å². The molecule has 0 radical (unpaired) electrons. The molecular formula is C39H67NO7. The summed E-state index contributed by atoms with van der Waals surface area (Å²) in [6.07, 6.45) is 8.65. The highest BCUT2D eigenvalue weighted by molar-refractivity contribution is 5.33. The minimum absolute atomic E-state index is 0.0138. The average molecular weight is 662 g/mol. The minimum atomic E-state index is -1.02. The molecule has 2 heterocycles. The van der Waals surface area contributed by atoms with Crippen molar-refractivity contribution in [3.8, 4) is 0 Å². The molecule has 5 saturated carbocycles. The number of fused-ring (bicyclic) bond motifs is 4. The maximum absolute atomic E-state index is 12.6. The van der Waals surface area contributed by atoms with E-state index in [4.69, 9.17) is 18.9 Å². The molecule has 2 spiro atoms. The van der Waals surface area contributed by atoms with Crippen LogP contribution >= 0.6 is 0 Å². The van der Waals surface area contributed by atoms with Crippen molar-refractivity contribution in [1.82, 2.24) is 4.90 Å². The molecule has 2 saturated heterocycles. The summed E-state index contributed by atoms with van der Waals surface area (Å²) in [5.41, 5.74) is -0.512. The molecular weight excluding hydrogens is 594 g/mol. The van der Waals surface area contributed by atoms with Crippen molar-refractivity contribution in [2.75, 3.05) is 39.5 Å². The van der Waals surface area contributed by atoms with Crippen LogP contribution in [0.25, 0.3) is 0 Å². The Balaban J connectivity index is 1.11. The quantitative estimate of drug-likeness (QED) is 0.302. The van der Waals surface area contributed by atoms with Gasteiger partial charge in [-0.05, 0) is 124 Å². The molecule has 2 aliphatic heterocycles. The second-order valence-electron chi connectivity index (χ2n) is 18.9. The van der Waals surface area contributed by atoms with Gasteiger partial charge in [-0.2, -0.15) is 0 Å². The first-order chi connectivity index (χ1) is 22.1. The average Bonchev–Trinajstić information content (AvgIpc) is 3.64. The van der Waals surface area contributed by atoms with Crippen LogP contribution in [0.1, 0.15) is 113 Å². The van der Waals surface area contributed by atoms with Crippen molar-refractivity contribution in [1.29, 1.82) is 0 Å². The zero-order chi connectivity index (χ0) is 33.8. The van der Waals surface area contributed by atoms with Gasteiger partial charge in [0, 0.05) is 38.3 Å². The smallest absolute Gasteiger partial charge is 0.170 e. The van der Waals surface area contributed by atoms with Crippen molar-refractivity contribution in [2.24, 2.45) is 50.7 Å². The van der Waals surface area contributed by atoms with Gasteiger partial charge in [0.25, 0.3) is 0 Å². The lowest BCUT2D eigenvalue weighted by atomic mass is 9.41. The predicted molar refractivity (Wildman–Crippen MR) is 181 cm³/mol. The van der Waals surface area contributed by atoms with Gasteiger partial charge < -0.3 is 34.3 Å². The molecule has 0 aromatic rings. The Kier molecular flexibility index (Phi) is 8.86. The first-order valence-electron chi connectivity index (χ1n) is 19.4. The van der Waals surface area contributed by atoms with E-state index >= 15 is 0 Å². The Bertz CT molecular complexity index is 1160. The van der Waals surface area contributed by atoms with Gasteiger partial charge in [-0.3, -0.25) is 4.90 Å². The molecule has 7 rings (SSSR count). The lowest BCUT2D eigenvalue weighted by Crippen LogP contribution is -2.60. The SMILES string of the molecule is CCO[C@@H]([C@H]1C[C@@H](C)[C@H]2[C@H](O1)[C@H](O)[C@@]1(C)[C@@H]3CC[C@H]4C(C)(C)[C@@H](O[C@H]5CN(CCCO)CCO5)CCC45C[C@@]35CC[C@]21C)C(C)(C)O. The van der Waals surface area contributed by atoms with Gasteiger partial charge in [0.15, 0.2) is 6.29 Å². The lowest BCUT2D eigenvalue weighted by Gasteiger charge is -2.64. The monoisotopic (exact) mass is 661 g/mol. The van der Waals surface area contributed by atoms with Crippen molar-refractivity contribution in [3.05, 3.63) is 0 Å². The standard InChI is InChI=1S/C39H67NO7/c1-9-44-33(35(5,6)43)25-21-24(2)30-31(46-25)32(42)37(8)27-12-11-26-34(3,4)28(47-29-22-40(17-10-19-41)18-20-45-29)13-14-38(26)23-39(27,38)16-15-36(30,37)7/h24-33,41-43H,9-23H2,1-8H3/t24-,25-,26+,27+,28+,29+,30+,31+,32+,33+,36-,37-,38?,39+/m1/s1. The molecule has 8 heteroatoms. The Morgan fingerprint density at radius 3 is 2.45 bits per heavy atom. The maximum atomic E-state index is 12.6. The number of rotatable bonds is 9. The molecule has 0 bridgehead atoms. The minimum Gasteiger partial charge on any atom is -0.396 e. The van der Waals surface area contributed by atoms with Gasteiger partial charge in [-0.1, -0.05) is 34.6 Å². The zero-order valence-corrected chi connectivity index (χ0v) is 30.8. The number of aliphatic hydroxyl groups excluding tert-OH is 2. The van der Waals surface area contributed by atoms with E-state index in [0.29, 0.717) is 47.7 Å². The van der Waals surface area contributed by atoms with Gasteiger partial charge in [-0.15, -0.1) is 0 Å². The summed E-state index contributed by atoms with van der Waals surface area (Å²) >= 11 is 0. The highest BCUT2D eigenvalue weighted by Crippen LogP contribution is 2.89. The van der Waals surface area contributed by atoms with Crippen LogP contribution in [0.3, 0.4) is 0 Å². The number of aliphatic hydroxyl groups is 3. The highest BCUT2D eigenvalue weighted by Gasteiger charge is 2.84. The molecule has 1 unspecified atom stereocenters. The van der Waals surface area contributed by atoms with Crippen LogP contribution in [-0.4, -0.2) is 102 Å². The van der Waals surface area contributed by atoms with E-state index in [1.165, 1.54) is 32.1 Å². The fourth-order valence-electron chi connectivity index (χ4n) is 14.1. The van der Waals surface area contributed by atoms with Gasteiger partial charge >= 0.3 is 0 Å². The second kappa shape index (κ2) is 11.9. The molecule has 7 fully saturated rings. The van der Waals surface area contributed by atoms with E-state index in [-0.39, 0.29) is 47.5 Å². The normalized spacial score (nSPS) is 51.3. The molecule has 8 nitrogen and oxygen atoms in total. The summed E-state index contributed by atoms with van der Waals surface area (Å²) in [5.74, 6) is 1.80. The summed E-state index contributed by atoms with van der Waals surface area (Å²) < 4.78 is 26.1. The first-order valence-corrected chi connectivity index (χ1v) is 19.4. The number of nitrogens with zero attached hydrogens (tertiary/aromatic N) is 1. The molecule has 0 amide bonds. The molecule has 5 aliphatic carbocycles. The van der Waals surface area contributed by atoms with Crippen LogP contribution < -0.4 is 0 Å². The number of morpholine rings is 1. The van der Waals surface area contributed by atoms with Crippen molar-refractivity contribution in [3.63, 3.8) is 0 Å². The van der Waals surface area contributed by atoms with Crippen LogP contribution in [0.4, 0.5) is 0 Å². The topological polar surface area (TPSA) is 101 Å². The van der Waals surface area contributed by atoms with Crippen LogP contribution in [0.5, 0.6) is 0 Å². The second-order valence-corrected chi connectivity index (χ2v) is 18.9. The van der Waals surface area contributed by atoms with E-state index in [1.54, 1.807) is 0 Å². The van der Waals surface area contributed by atoms with E-state index in [2.05, 4.69) is 39.5 Å². The van der Waals surface area contributed by atoms with E-state index in [0.717, 1.165) is 45.3 Å². The van der Waals surface area contributed by atoms with Crippen molar-refractivity contribution >= 4 is 0 Å². The third-order valence-electron chi connectivity index (χ3n) is 16.2. The third-order valence-corrected chi connectivity index (χ3v) is 16.2. The molecule has 3 N–H and O–H groups in total. The maximum Gasteiger partial charge on any atom is 0.170 e. The van der Waals surface area contributed by atoms with Gasteiger partial charge in [0.1, 0.15) is 6.10 Å². The molecule has 47 heavy (non-hydrogen) atoms. The fourth-order valence-corrected chi connectivity index (χ4v) is 14.1. The Morgan fingerprint density at radius 2 is 1.74 bits per heavy atom. The Labute approximate surface area is 284 Å². The molecule has 270 valence electrons. The first kappa shape index (κ1) is 35.1. The van der Waals surface area contributed by atoms with Gasteiger partial charge in [0.2, 0.25) is 0 Å². The number of hydrogen-bond acceptors (Lipinski definition) is 8. The number of ether oxygens (including phenoxy) is 4. The summed E-state index contributed by atoms with van der Waals surface area (Å²) in [5, 5.41) is 33.0. The molecule has 14 atom stereocenters. The third kappa shape index (κ3) is 4.95. The van der Waals surface area contributed by atoms with Gasteiger partial charge in [0.05, 0.1) is 36.6 Å². The van der Waals surface area contributed by atoms with E-state index < -0.39 is 17.8 Å². The van der Waals surface area contributed by atoms with Crippen LogP contribution in [0.2, 0.25) is 0 Å². The van der Waals surface area contributed by atoms with Crippen LogP contribution in [0.15, 0.2) is 0 Å². The van der Waals surface area contributed by atoms with Gasteiger partial charge in [-0.25, -0.2) is 0 Å². The predicted octanol–water partition coefficient (Wildman–Crippen LogP) is 5.40. The van der Waals surface area contributed by atoms with E-state index in [9.17, 15) is 15.3 Å². The summed E-state index contributed by atoms with van der Waals surface area (Å²) in [6.45, 7) is 22.0. The van der Waals surface area contributed by atoms with Crippen molar-refractivity contribution in [2.45, 2.75) is 156 Å². The number of hydrogen-bond donors (Lipinski definition) is 3.